The Morgan fingerprint density at radius 1 is 1.33 bits per heavy atom. The highest BCUT2D eigenvalue weighted by molar-refractivity contribution is 5.82. The maximum atomic E-state index is 10.9. The summed E-state index contributed by atoms with van der Waals surface area (Å²) in [7, 11) is 0. The van der Waals surface area contributed by atoms with Gasteiger partial charge in [-0.3, -0.25) is 10.2 Å². The quantitative estimate of drug-likeness (QED) is 0.806. The van der Waals surface area contributed by atoms with Crippen molar-refractivity contribution in [1.82, 2.24) is 10.4 Å². The van der Waals surface area contributed by atoms with Crippen molar-refractivity contribution >= 4 is 5.91 Å². The van der Waals surface area contributed by atoms with Crippen molar-refractivity contribution in [2.75, 3.05) is 6.54 Å². The summed E-state index contributed by atoms with van der Waals surface area (Å²) in [5, 5.41) is 1.99. The Bertz CT molecular complexity index is 351. The number of hydrogen-bond acceptors (Lipinski definition) is 2. The molecule has 1 fully saturated rings. The molecule has 1 N–H and O–H groups in total. The zero-order valence-electron chi connectivity index (χ0n) is 9.16. The monoisotopic (exact) mass is 204 g/mol. The van der Waals surface area contributed by atoms with E-state index in [1.165, 1.54) is 5.56 Å². The number of hydrazine groups is 1. The summed E-state index contributed by atoms with van der Waals surface area (Å²) in [6.45, 7) is 4.79. The first-order valence-electron chi connectivity index (χ1n) is 5.19. The molecule has 0 atom stereocenters. The summed E-state index contributed by atoms with van der Waals surface area (Å²) in [6, 6.07) is 10.3. The van der Waals surface area contributed by atoms with Gasteiger partial charge in [-0.15, -0.1) is 0 Å². The Balaban J connectivity index is 2.01. The van der Waals surface area contributed by atoms with Gasteiger partial charge < -0.3 is 0 Å². The van der Waals surface area contributed by atoms with E-state index < -0.39 is 0 Å². The Morgan fingerprint density at radius 2 is 1.93 bits per heavy atom. The van der Waals surface area contributed by atoms with Crippen LogP contribution in [0.15, 0.2) is 30.3 Å². The highest BCUT2D eigenvalue weighted by atomic mass is 16.2. The van der Waals surface area contributed by atoms with Crippen LogP contribution in [-0.2, 0) is 11.2 Å². The van der Waals surface area contributed by atoms with Crippen molar-refractivity contribution < 1.29 is 4.79 Å². The number of benzene rings is 1. The minimum absolute atomic E-state index is 0.0186. The second kappa shape index (κ2) is 3.66. The Morgan fingerprint density at radius 3 is 2.47 bits per heavy atom. The SMILES string of the molecule is CC(C)(Cc1ccccc1)N1CC(=O)N1. The standard InChI is InChI=1S/C12H16N2O/c1-12(2,14-9-11(15)13-14)8-10-6-4-3-5-7-10/h3-7H,8-9H2,1-2H3,(H,13,15). The van der Waals surface area contributed by atoms with Gasteiger partial charge in [-0.05, 0) is 25.8 Å². The van der Waals surface area contributed by atoms with Crippen LogP contribution in [0.1, 0.15) is 19.4 Å². The van der Waals surface area contributed by atoms with E-state index in [0.717, 1.165) is 6.42 Å². The summed E-state index contributed by atoms with van der Waals surface area (Å²) in [4.78, 5) is 10.9. The normalized spacial score (nSPS) is 17.1. The molecule has 1 amide bonds. The lowest BCUT2D eigenvalue weighted by atomic mass is 9.93. The van der Waals surface area contributed by atoms with E-state index in [1.54, 1.807) is 0 Å². The third kappa shape index (κ3) is 2.18. The van der Waals surface area contributed by atoms with E-state index >= 15 is 0 Å². The Kier molecular flexibility index (Phi) is 2.49. The molecule has 0 radical (unpaired) electrons. The van der Waals surface area contributed by atoms with Gasteiger partial charge in [-0.1, -0.05) is 30.3 Å². The van der Waals surface area contributed by atoms with Gasteiger partial charge in [0.15, 0.2) is 0 Å². The fraction of sp³-hybridized carbons (Fsp3) is 0.417. The summed E-state index contributed by atoms with van der Waals surface area (Å²) in [5.41, 5.74) is 4.07. The molecule has 3 nitrogen and oxygen atoms in total. The molecule has 1 heterocycles. The third-order valence-corrected chi connectivity index (χ3v) is 2.77. The van der Waals surface area contributed by atoms with Crippen LogP contribution in [0.4, 0.5) is 0 Å². The molecule has 3 heteroatoms. The maximum absolute atomic E-state index is 10.9. The second-order valence-corrected chi connectivity index (χ2v) is 4.60. The lowest BCUT2D eigenvalue weighted by Crippen LogP contribution is -2.67. The average Bonchev–Trinajstić information content (AvgIpc) is 2.14. The van der Waals surface area contributed by atoms with Gasteiger partial charge in [0.25, 0.3) is 0 Å². The van der Waals surface area contributed by atoms with Gasteiger partial charge in [0.05, 0.1) is 6.54 Å². The first kappa shape index (κ1) is 10.2. The first-order valence-corrected chi connectivity index (χ1v) is 5.19. The van der Waals surface area contributed by atoms with Crippen molar-refractivity contribution in [3.05, 3.63) is 35.9 Å². The van der Waals surface area contributed by atoms with Crippen LogP contribution in [0.25, 0.3) is 0 Å². The van der Waals surface area contributed by atoms with Gasteiger partial charge in [0, 0.05) is 5.54 Å². The van der Waals surface area contributed by atoms with E-state index in [4.69, 9.17) is 0 Å². The highest BCUT2D eigenvalue weighted by Crippen LogP contribution is 2.21. The Labute approximate surface area is 90.1 Å². The molecule has 2 rings (SSSR count). The topological polar surface area (TPSA) is 32.3 Å². The van der Waals surface area contributed by atoms with Crippen LogP contribution < -0.4 is 5.43 Å². The fourth-order valence-corrected chi connectivity index (χ4v) is 1.83. The largest absolute Gasteiger partial charge is 0.287 e. The summed E-state index contributed by atoms with van der Waals surface area (Å²) in [6.07, 6.45) is 0.939. The third-order valence-electron chi connectivity index (χ3n) is 2.77. The van der Waals surface area contributed by atoms with Crippen molar-refractivity contribution in [3.8, 4) is 0 Å². The van der Waals surface area contributed by atoms with Gasteiger partial charge in [0.1, 0.15) is 0 Å². The molecule has 1 aromatic rings. The highest BCUT2D eigenvalue weighted by Gasteiger charge is 2.35. The van der Waals surface area contributed by atoms with Gasteiger partial charge in [0.2, 0.25) is 5.91 Å². The van der Waals surface area contributed by atoms with Crippen LogP contribution >= 0.6 is 0 Å². The molecule has 0 bridgehead atoms. The number of hydrogen-bond donors (Lipinski definition) is 1. The molecule has 0 spiro atoms. The molecule has 0 aliphatic carbocycles. The number of nitrogens with one attached hydrogen (secondary N) is 1. The van der Waals surface area contributed by atoms with Gasteiger partial charge >= 0.3 is 0 Å². The van der Waals surface area contributed by atoms with Crippen molar-refractivity contribution in [2.24, 2.45) is 0 Å². The van der Waals surface area contributed by atoms with Crippen LogP contribution in [0.2, 0.25) is 0 Å². The zero-order valence-corrected chi connectivity index (χ0v) is 9.16. The zero-order chi connectivity index (χ0) is 10.9. The van der Waals surface area contributed by atoms with E-state index in [1.807, 2.05) is 23.2 Å². The number of carbonyl (C=O) groups excluding carboxylic acids is 1. The van der Waals surface area contributed by atoms with Crippen molar-refractivity contribution in [1.29, 1.82) is 0 Å². The first-order chi connectivity index (χ1) is 7.08. The molecule has 1 aliphatic rings. The van der Waals surface area contributed by atoms with Gasteiger partial charge in [-0.2, -0.15) is 0 Å². The van der Waals surface area contributed by atoms with Crippen molar-refractivity contribution in [3.63, 3.8) is 0 Å². The smallest absolute Gasteiger partial charge is 0.250 e. The number of amides is 1. The molecule has 0 aromatic heterocycles. The lowest BCUT2D eigenvalue weighted by molar-refractivity contribution is -0.146. The van der Waals surface area contributed by atoms with Crippen LogP contribution in [0.5, 0.6) is 0 Å². The summed E-state index contributed by atoms with van der Waals surface area (Å²) >= 11 is 0. The molecule has 1 aliphatic heterocycles. The van der Waals surface area contributed by atoms with E-state index in [0.29, 0.717) is 6.54 Å². The molecule has 80 valence electrons. The molecule has 0 unspecified atom stereocenters. The van der Waals surface area contributed by atoms with Crippen LogP contribution in [-0.4, -0.2) is 23.0 Å². The molecular weight excluding hydrogens is 188 g/mol. The molecule has 0 saturated carbocycles. The predicted octanol–water partition coefficient (Wildman–Crippen LogP) is 1.35. The summed E-state index contributed by atoms with van der Waals surface area (Å²) < 4.78 is 0. The predicted molar refractivity (Wildman–Crippen MR) is 59.1 cm³/mol. The molecule has 15 heavy (non-hydrogen) atoms. The molecule has 1 aromatic carbocycles. The van der Waals surface area contributed by atoms with Crippen LogP contribution in [0, 0.1) is 0 Å². The Hall–Kier alpha value is -1.35. The summed E-state index contributed by atoms with van der Waals surface area (Å²) in [5.74, 6) is 0.108. The maximum Gasteiger partial charge on any atom is 0.250 e. The number of rotatable bonds is 3. The number of carbonyl (C=O) groups is 1. The van der Waals surface area contributed by atoms with E-state index in [-0.39, 0.29) is 11.4 Å². The minimum Gasteiger partial charge on any atom is -0.287 e. The second-order valence-electron chi connectivity index (χ2n) is 4.60. The molecule has 1 saturated heterocycles. The lowest BCUT2D eigenvalue weighted by Gasteiger charge is -2.44. The molecular formula is C12H16N2O. The number of nitrogens with zero attached hydrogens (tertiary/aromatic N) is 1. The van der Waals surface area contributed by atoms with Crippen LogP contribution in [0.3, 0.4) is 0 Å². The van der Waals surface area contributed by atoms with E-state index in [9.17, 15) is 4.79 Å². The average molecular weight is 204 g/mol. The van der Waals surface area contributed by atoms with E-state index in [2.05, 4.69) is 31.4 Å². The van der Waals surface area contributed by atoms with Crippen molar-refractivity contribution in [2.45, 2.75) is 25.8 Å². The minimum atomic E-state index is -0.0186. The van der Waals surface area contributed by atoms with Gasteiger partial charge in [-0.25, -0.2) is 5.01 Å². The fourth-order valence-electron chi connectivity index (χ4n) is 1.83.